The molecule has 5 heteroatoms. The van der Waals surface area contributed by atoms with Crippen LogP contribution in [0.4, 0.5) is 0 Å². The summed E-state index contributed by atoms with van der Waals surface area (Å²) in [7, 11) is 0. The molecule has 1 heterocycles. The largest absolute Gasteiger partial charge is 0.493 e. The SMILES string of the molecule is O=CNC(CC1COc2ccccc21)C(=O)O. The van der Waals surface area contributed by atoms with Crippen LogP contribution in [0.5, 0.6) is 5.75 Å². The first-order valence-electron chi connectivity index (χ1n) is 5.36. The summed E-state index contributed by atoms with van der Waals surface area (Å²) in [4.78, 5) is 21.3. The summed E-state index contributed by atoms with van der Waals surface area (Å²) in [5.41, 5.74) is 1.01. The number of carbonyl (C=O) groups is 2. The molecule has 1 aliphatic heterocycles. The van der Waals surface area contributed by atoms with Crippen molar-refractivity contribution in [3.8, 4) is 5.75 Å². The van der Waals surface area contributed by atoms with Crippen LogP contribution in [0.1, 0.15) is 17.9 Å². The number of carbonyl (C=O) groups excluding carboxylic acids is 1. The van der Waals surface area contributed by atoms with Crippen LogP contribution in [0.25, 0.3) is 0 Å². The maximum absolute atomic E-state index is 10.9. The lowest BCUT2D eigenvalue weighted by Crippen LogP contribution is -2.37. The molecule has 1 aromatic carbocycles. The fraction of sp³-hybridized carbons (Fsp3) is 0.333. The molecule has 17 heavy (non-hydrogen) atoms. The van der Waals surface area contributed by atoms with E-state index in [1.807, 2.05) is 24.3 Å². The Bertz CT molecular complexity index is 432. The molecule has 0 saturated heterocycles. The first kappa shape index (κ1) is 11.4. The minimum atomic E-state index is -1.03. The highest BCUT2D eigenvalue weighted by Crippen LogP contribution is 2.36. The Labute approximate surface area is 98.4 Å². The number of carboxylic acids is 1. The second-order valence-corrected chi connectivity index (χ2v) is 3.96. The molecule has 2 atom stereocenters. The lowest BCUT2D eigenvalue weighted by molar-refractivity contribution is -0.140. The van der Waals surface area contributed by atoms with Crippen LogP contribution in [0, 0.1) is 0 Å². The minimum Gasteiger partial charge on any atom is -0.493 e. The Morgan fingerprint density at radius 3 is 3.06 bits per heavy atom. The zero-order valence-corrected chi connectivity index (χ0v) is 9.13. The summed E-state index contributed by atoms with van der Waals surface area (Å²) in [5.74, 6) is -0.214. The Hall–Kier alpha value is -2.04. The number of rotatable bonds is 5. The third-order valence-electron chi connectivity index (χ3n) is 2.89. The van der Waals surface area contributed by atoms with Crippen LogP contribution >= 0.6 is 0 Å². The summed E-state index contributed by atoms with van der Waals surface area (Å²) in [6, 6.07) is 6.68. The van der Waals surface area contributed by atoms with Crippen LogP contribution in [-0.4, -0.2) is 30.1 Å². The highest BCUT2D eigenvalue weighted by molar-refractivity contribution is 5.76. The summed E-state index contributed by atoms with van der Waals surface area (Å²) < 4.78 is 5.46. The highest BCUT2D eigenvalue weighted by Gasteiger charge is 2.29. The zero-order valence-electron chi connectivity index (χ0n) is 9.13. The molecule has 2 rings (SSSR count). The number of fused-ring (bicyclic) bond motifs is 1. The first-order chi connectivity index (χ1) is 8.22. The van der Waals surface area contributed by atoms with E-state index in [2.05, 4.69) is 5.32 Å². The van der Waals surface area contributed by atoms with Gasteiger partial charge in [-0.3, -0.25) is 4.79 Å². The molecule has 0 radical (unpaired) electrons. The van der Waals surface area contributed by atoms with Gasteiger partial charge in [0.2, 0.25) is 6.41 Å². The second kappa shape index (κ2) is 4.86. The molecule has 1 aromatic rings. The van der Waals surface area contributed by atoms with E-state index in [4.69, 9.17) is 9.84 Å². The fourth-order valence-corrected chi connectivity index (χ4v) is 2.03. The van der Waals surface area contributed by atoms with Crippen LogP contribution in [0.15, 0.2) is 24.3 Å². The van der Waals surface area contributed by atoms with Gasteiger partial charge in [0, 0.05) is 11.5 Å². The van der Waals surface area contributed by atoms with E-state index in [-0.39, 0.29) is 5.92 Å². The van der Waals surface area contributed by atoms with E-state index in [1.54, 1.807) is 0 Å². The zero-order chi connectivity index (χ0) is 12.3. The summed E-state index contributed by atoms with van der Waals surface area (Å²) in [6.45, 7) is 0.462. The molecule has 1 aliphatic rings. The molecule has 1 amide bonds. The number of benzene rings is 1. The van der Waals surface area contributed by atoms with Gasteiger partial charge < -0.3 is 15.2 Å². The summed E-state index contributed by atoms with van der Waals surface area (Å²) >= 11 is 0. The molecule has 0 saturated carbocycles. The number of hydrogen-bond acceptors (Lipinski definition) is 3. The molecule has 2 unspecified atom stereocenters. The van der Waals surface area contributed by atoms with Crippen LogP contribution in [0.3, 0.4) is 0 Å². The van der Waals surface area contributed by atoms with Crippen molar-refractivity contribution in [1.82, 2.24) is 5.32 Å². The Morgan fingerprint density at radius 1 is 1.59 bits per heavy atom. The van der Waals surface area contributed by atoms with Crippen molar-refractivity contribution in [3.05, 3.63) is 29.8 Å². The molecule has 5 nitrogen and oxygen atoms in total. The van der Waals surface area contributed by atoms with Crippen molar-refractivity contribution in [3.63, 3.8) is 0 Å². The third-order valence-corrected chi connectivity index (χ3v) is 2.89. The molecule has 2 N–H and O–H groups in total. The van der Waals surface area contributed by atoms with Gasteiger partial charge in [0.15, 0.2) is 0 Å². The van der Waals surface area contributed by atoms with E-state index in [1.165, 1.54) is 0 Å². The molecule has 90 valence electrons. The predicted molar refractivity (Wildman–Crippen MR) is 59.9 cm³/mol. The summed E-state index contributed by atoms with van der Waals surface area (Å²) in [5, 5.41) is 11.3. The van der Waals surface area contributed by atoms with Gasteiger partial charge in [0.05, 0.1) is 6.61 Å². The second-order valence-electron chi connectivity index (χ2n) is 3.96. The van der Waals surface area contributed by atoms with E-state index >= 15 is 0 Å². The normalized spacial score (nSPS) is 18.9. The Kier molecular flexibility index (Phi) is 3.27. The van der Waals surface area contributed by atoms with Gasteiger partial charge in [-0.05, 0) is 12.5 Å². The maximum Gasteiger partial charge on any atom is 0.326 e. The molecule has 0 aliphatic carbocycles. The number of carboxylic acid groups (broad SMARTS) is 1. The summed E-state index contributed by atoms with van der Waals surface area (Å²) in [6.07, 6.45) is 0.756. The number of aliphatic carboxylic acids is 1. The van der Waals surface area contributed by atoms with Crippen molar-refractivity contribution in [2.75, 3.05) is 6.61 Å². The van der Waals surface area contributed by atoms with Crippen LogP contribution < -0.4 is 10.1 Å². The molecular formula is C12H13NO4. The topological polar surface area (TPSA) is 75.6 Å². The average Bonchev–Trinajstić information content (AvgIpc) is 2.72. The smallest absolute Gasteiger partial charge is 0.326 e. The quantitative estimate of drug-likeness (QED) is 0.738. The van der Waals surface area contributed by atoms with Crippen LogP contribution in [0.2, 0.25) is 0 Å². The number of para-hydroxylation sites is 1. The number of ether oxygens (including phenoxy) is 1. The Morgan fingerprint density at radius 2 is 2.35 bits per heavy atom. The van der Waals surface area contributed by atoms with Crippen molar-refractivity contribution in [2.45, 2.75) is 18.4 Å². The minimum absolute atomic E-state index is 0.0137. The Balaban J connectivity index is 2.10. The van der Waals surface area contributed by atoms with Gasteiger partial charge in [-0.25, -0.2) is 4.79 Å². The molecular weight excluding hydrogens is 222 g/mol. The average molecular weight is 235 g/mol. The predicted octanol–water partition coefficient (Wildman–Crippen LogP) is 0.752. The highest BCUT2D eigenvalue weighted by atomic mass is 16.5. The first-order valence-corrected chi connectivity index (χ1v) is 5.36. The van der Waals surface area contributed by atoms with E-state index in [0.29, 0.717) is 19.4 Å². The van der Waals surface area contributed by atoms with E-state index in [0.717, 1.165) is 11.3 Å². The lowest BCUT2D eigenvalue weighted by atomic mass is 9.94. The van der Waals surface area contributed by atoms with Gasteiger partial charge in [0.1, 0.15) is 11.8 Å². The molecule has 0 aromatic heterocycles. The number of nitrogens with one attached hydrogen (secondary N) is 1. The molecule has 0 spiro atoms. The van der Waals surface area contributed by atoms with Gasteiger partial charge in [-0.15, -0.1) is 0 Å². The van der Waals surface area contributed by atoms with Gasteiger partial charge in [-0.2, -0.15) is 0 Å². The van der Waals surface area contributed by atoms with Gasteiger partial charge >= 0.3 is 5.97 Å². The third kappa shape index (κ3) is 2.38. The van der Waals surface area contributed by atoms with E-state index in [9.17, 15) is 9.59 Å². The molecule has 0 bridgehead atoms. The van der Waals surface area contributed by atoms with Crippen molar-refractivity contribution in [2.24, 2.45) is 0 Å². The van der Waals surface area contributed by atoms with Crippen LogP contribution in [-0.2, 0) is 9.59 Å². The monoisotopic (exact) mass is 235 g/mol. The van der Waals surface area contributed by atoms with Crippen molar-refractivity contribution in [1.29, 1.82) is 0 Å². The standard InChI is InChI=1S/C12H13NO4/c14-7-13-10(12(15)16)5-8-6-17-11-4-2-1-3-9(8)11/h1-4,7-8,10H,5-6H2,(H,13,14)(H,15,16). The van der Waals surface area contributed by atoms with E-state index < -0.39 is 12.0 Å². The fourth-order valence-electron chi connectivity index (χ4n) is 2.03. The van der Waals surface area contributed by atoms with Crippen molar-refractivity contribution < 1.29 is 19.4 Å². The number of hydrogen-bond donors (Lipinski definition) is 2. The van der Waals surface area contributed by atoms with Gasteiger partial charge in [-0.1, -0.05) is 18.2 Å². The van der Waals surface area contributed by atoms with Crippen molar-refractivity contribution >= 4 is 12.4 Å². The maximum atomic E-state index is 10.9. The van der Waals surface area contributed by atoms with Gasteiger partial charge in [0.25, 0.3) is 0 Å². The lowest BCUT2D eigenvalue weighted by Gasteiger charge is -2.15. The molecule has 0 fully saturated rings. The number of amides is 1.